The van der Waals surface area contributed by atoms with Crippen molar-refractivity contribution in [2.24, 2.45) is 0 Å². The van der Waals surface area contributed by atoms with E-state index in [-0.39, 0.29) is 4.90 Å². The van der Waals surface area contributed by atoms with Gasteiger partial charge in [-0.05, 0) is 36.4 Å². The molecule has 0 aliphatic carbocycles. The number of hydrogen-bond donors (Lipinski definition) is 1. The van der Waals surface area contributed by atoms with E-state index in [1.165, 1.54) is 0 Å². The Morgan fingerprint density at radius 1 is 1.04 bits per heavy atom. The summed E-state index contributed by atoms with van der Waals surface area (Å²) in [4.78, 5) is 11.6. The van der Waals surface area contributed by atoms with Gasteiger partial charge in [0.15, 0.2) is 0 Å². The number of anilines is 1. The summed E-state index contributed by atoms with van der Waals surface area (Å²) >= 11 is 0. The van der Waals surface area contributed by atoms with E-state index in [0.717, 1.165) is 49.5 Å². The van der Waals surface area contributed by atoms with Gasteiger partial charge in [-0.2, -0.15) is 4.31 Å². The minimum absolute atomic E-state index is 0.212. The third kappa shape index (κ3) is 3.92. The smallest absolute Gasteiger partial charge is 0.243 e. The Morgan fingerprint density at radius 2 is 1.58 bits per heavy atom. The molecule has 0 aromatic heterocycles. The van der Waals surface area contributed by atoms with Gasteiger partial charge in [-0.25, -0.2) is 21.6 Å². The van der Waals surface area contributed by atoms with E-state index >= 15 is 0 Å². The number of benzene rings is 2. The lowest BCUT2D eigenvalue weighted by atomic mass is 10.3. The van der Waals surface area contributed by atoms with Gasteiger partial charge >= 0.3 is 0 Å². The average Bonchev–Trinajstić information content (AvgIpc) is 2.51. The molecule has 0 aliphatic rings. The van der Waals surface area contributed by atoms with Gasteiger partial charge in [-0.3, -0.25) is 4.79 Å². The van der Waals surface area contributed by atoms with E-state index in [4.69, 9.17) is 0 Å². The fraction of sp³-hybridized carbons (Fsp3) is 0.133. The van der Waals surface area contributed by atoms with Crippen molar-refractivity contribution in [3.8, 4) is 0 Å². The van der Waals surface area contributed by atoms with Crippen LogP contribution in [-0.2, 0) is 14.8 Å². The summed E-state index contributed by atoms with van der Waals surface area (Å²) in [5, 5.41) is 1.99. The lowest BCUT2D eigenvalue weighted by Crippen LogP contribution is -2.35. The average molecular weight is 358 g/mol. The maximum atomic E-state index is 13.5. The lowest BCUT2D eigenvalue weighted by molar-refractivity contribution is -0.116. The van der Waals surface area contributed by atoms with Crippen LogP contribution >= 0.6 is 0 Å². The molecular formula is C15H13F3N2O3S. The van der Waals surface area contributed by atoms with Crippen molar-refractivity contribution in [3.05, 3.63) is 59.9 Å². The van der Waals surface area contributed by atoms with Gasteiger partial charge in [0.25, 0.3) is 0 Å². The Morgan fingerprint density at radius 3 is 2.12 bits per heavy atom. The second-order valence-electron chi connectivity index (χ2n) is 4.86. The fourth-order valence-electron chi connectivity index (χ4n) is 1.87. The highest BCUT2D eigenvalue weighted by Gasteiger charge is 2.23. The molecule has 0 unspecified atom stereocenters. The molecule has 24 heavy (non-hydrogen) atoms. The number of likely N-dealkylation sites (N-methyl/N-ethyl adjacent to an activating group) is 1. The van der Waals surface area contributed by atoms with Crippen molar-refractivity contribution in [1.82, 2.24) is 4.31 Å². The number of para-hydroxylation sites is 1. The van der Waals surface area contributed by atoms with Crippen LogP contribution in [0.25, 0.3) is 0 Å². The van der Waals surface area contributed by atoms with Crippen LogP contribution in [0.2, 0.25) is 0 Å². The summed E-state index contributed by atoms with van der Waals surface area (Å²) < 4.78 is 65.0. The minimum Gasteiger partial charge on any atom is -0.320 e. The van der Waals surface area contributed by atoms with Crippen LogP contribution in [0.15, 0.2) is 47.4 Å². The number of amides is 1. The molecule has 0 bridgehead atoms. The largest absolute Gasteiger partial charge is 0.320 e. The molecule has 0 spiro atoms. The highest BCUT2D eigenvalue weighted by atomic mass is 32.2. The highest BCUT2D eigenvalue weighted by Crippen LogP contribution is 2.19. The van der Waals surface area contributed by atoms with Crippen molar-refractivity contribution >= 4 is 21.6 Å². The molecular weight excluding hydrogens is 345 g/mol. The minimum atomic E-state index is -4.05. The van der Waals surface area contributed by atoms with Crippen molar-refractivity contribution in [2.45, 2.75) is 4.90 Å². The Hall–Kier alpha value is -2.39. The van der Waals surface area contributed by atoms with Crippen LogP contribution < -0.4 is 5.32 Å². The monoisotopic (exact) mass is 358 g/mol. The molecule has 0 radical (unpaired) electrons. The SMILES string of the molecule is CN(CC(=O)Nc1c(F)cccc1F)S(=O)(=O)c1ccc(F)cc1. The zero-order valence-electron chi connectivity index (χ0n) is 12.5. The number of nitrogens with one attached hydrogen (secondary N) is 1. The van der Waals surface area contributed by atoms with Gasteiger partial charge < -0.3 is 5.32 Å². The van der Waals surface area contributed by atoms with Crippen molar-refractivity contribution < 1.29 is 26.4 Å². The summed E-state index contributed by atoms with van der Waals surface area (Å²) in [7, 11) is -2.92. The molecule has 1 amide bonds. The Labute approximate surface area is 136 Å². The van der Waals surface area contributed by atoms with Crippen molar-refractivity contribution in [2.75, 3.05) is 18.9 Å². The predicted molar refractivity (Wildman–Crippen MR) is 81.2 cm³/mol. The number of rotatable bonds is 5. The van der Waals surface area contributed by atoms with E-state index in [0.29, 0.717) is 4.31 Å². The summed E-state index contributed by atoms with van der Waals surface area (Å²) in [5.74, 6) is -3.49. The van der Waals surface area contributed by atoms with Crippen LogP contribution in [0.1, 0.15) is 0 Å². The van der Waals surface area contributed by atoms with Gasteiger partial charge in [0.2, 0.25) is 15.9 Å². The molecule has 2 rings (SSSR count). The van der Waals surface area contributed by atoms with E-state index in [9.17, 15) is 26.4 Å². The molecule has 0 aliphatic heterocycles. The third-order valence-corrected chi connectivity index (χ3v) is 4.93. The summed E-state index contributed by atoms with van der Waals surface area (Å²) in [5.41, 5.74) is -0.657. The van der Waals surface area contributed by atoms with Crippen LogP contribution in [0.4, 0.5) is 18.9 Å². The van der Waals surface area contributed by atoms with E-state index in [1.54, 1.807) is 0 Å². The van der Waals surface area contributed by atoms with Crippen molar-refractivity contribution in [1.29, 1.82) is 0 Å². The van der Waals surface area contributed by atoms with Crippen LogP contribution in [-0.4, -0.2) is 32.2 Å². The molecule has 0 fully saturated rings. The molecule has 0 heterocycles. The molecule has 2 aromatic carbocycles. The fourth-order valence-corrected chi connectivity index (χ4v) is 3.00. The second kappa shape index (κ2) is 7.02. The normalized spacial score (nSPS) is 11.5. The zero-order valence-corrected chi connectivity index (χ0v) is 13.3. The van der Waals surface area contributed by atoms with Crippen LogP contribution in [0.3, 0.4) is 0 Å². The van der Waals surface area contributed by atoms with Crippen molar-refractivity contribution in [3.63, 3.8) is 0 Å². The van der Waals surface area contributed by atoms with Gasteiger partial charge in [0, 0.05) is 7.05 Å². The molecule has 2 aromatic rings. The number of carbonyl (C=O) groups excluding carboxylic acids is 1. The Balaban J connectivity index is 2.12. The molecule has 5 nitrogen and oxygen atoms in total. The summed E-state index contributed by atoms with van der Waals surface area (Å²) in [6.07, 6.45) is 0. The third-order valence-electron chi connectivity index (χ3n) is 3.12. The first-order valence-electron chi connectivity index (χ1n) is 6.67. The number of halogens is 3. The van der Waals surface area contributed by atoms with Gasteiger partial charge in [-0.1, -0.05) is 6.07 Å². The first kappa shape index (κ1) is 18.0. The first-order chi connectivity index (χ1) is 11.2. The predicted octanol–water partition coefficient (Wildman–Crippen LogP) is 2.36. The summed E-state index contributed by atoms with van der Waals surface area (Å²) in [6.45, 7) is -0.673. The lowest BCUT2D eigenvalue weighted by Gasteiger charge is -2.17. The quantitative estimate of drug-likeness (QED) is 0.892. The maximum Gasteiger partial charge on any atom is 0.243 e. The second-order valence-corrected chi connectivity index (χ2v) is 6.90. The number of hydrogen-bond acceptors (Lipinski definition) is 3. The number of sulfonamides is 1. The molecule has 128 valence electrons. The zero-order chi connectivity index (χ0) is 17.9. The Kier molecular flexibility index (Phi) is 5.25. The maximum absolute atomic E-state index is 13.5. The molecule has 1 N–H and O–H groups in total. The molecule has 0 saturated carbocycles. The Bertz CT molecular complexity index is 835. The van der Waals surface area contributed by atoms with E-state index in [2.05, 4.69) is 0 Å². The summed E-state index contributed by atoms with van der Waals surface area (Å²) in [6, 6.07) is 7.08. The van der Waals surface area contributed by atoms with Gasteiger partial charge in [0.05, 0.1) is 11.4 Å². The first-order valence-corrected chi connectivity index (χ1v) is 8.11. The molecule has 0 atom stereocenters. The highest BCUT2D eigenvalue weighted by molar-refractivity contribution is 7.89. The van der Waals surface area contributed by atoms with Gasteiger partial charge in [0.1, 0.15) is 23.1 Å². The van der Waals surface area contributed by atoms with Crippen LogP contribution in [0, 0.1) is 17.5 Å². The molecule has 9 heteroatoms. The van der Waals surface area contributed by atoms with Crippen LogP contribution in [0.5, 0.6) is 0 Å². The number of carbonyl (C=O) groups is 1. The number of nitrogens with zero attached hydrogens (tertiary/aromatic N) is 1. The topological polar surface area (TPSA) is 66.5 Å². The van der Waals surface area contributed by atoms with E-state index in [1.807, 2.05) is 5.32 Å². The molecule has 0 saturated heterocycles. The standard InChI is InChI=1S/C15H13F3N2O3S/c1-20(24(22,23)11-7-5-10(16)6-8-11)9-14(21)19-15-12(17)3-2-4-13(15)18/h2-8H,9H2,1H3,(H,19,21). The van der Waals surface area contributed by atoms with E-state index < -0.39 is 45.6 Å². The van der Waals surface area contributed by atoms with Gasteiger partial charge in [-0.15, -0.1) is 0 Å².